The Morgan fingerprint density at radius 3 is 2.60 bits per heavy atom. The first-order valence-electron chi connectivity index (χ1n) is 10.0. The summed E-state index contributed by atoms with van der Waals surface area (Å²) in [5.41, 5.74) is 1.05. The monoisotopic (exact) mass is 345 g/mol. The molecule has 0 saturated heterocycles. The first-order valence-corrected chi connectivity index (χ1v) is 10.0. The molecule has 1 atom stereocenters. The number of ether oxygens (including phenoxy) is 1. The van der Waals surface area contributed by atoms with E-state index < -0.39 is 0 Å². The number of carbonyl (C=O) groups excluding carboxylic acids is 1. The molecule has 0 aromatic heterocycles. The molecule has 1 fully saturated rings. The van der Waals surface area contributed by atoms with E-state index in [1.54, 1.807) is 0 Å². The van der Waals surface area contributed by atoms with Gasteiger partial charge in [-0.25, -0.2) is 0 Å². The van der Waals surface area contributed by atoms with Gasteiger partial charge in [-0.3, -0.25) is 4.79 Å². The van der Waals surface area contributed by atoms with Gasteiger partial charge in [0.2, 0.25) is 0 Å². The van der Waals surface area contributed by atoms with E-state index in [2.05, 4.69) is 26.1 Å². The molecule has 1 aromatic carbocycles. The predicted molar refractivity (Wildman–Crippen MR) is 104 cm³/mol. The lowest BCUT2D eigenvalue weighted by molar-refractivity contribution is 0.0898. The van der Waals surface area contributed by atoms with Gasteiger partial charge in [0.15, 0.2) is 0 Å². The highest BCUT2D eigenvalue weighted by Gasteiger charge is 2.32. The number of hydrogen-bond donors (Lipinski definition) is 1. The van der Waals surface area contributed by atoms with E-state index >= 15 is 0 Å². The summed E-state index contributed by atoms with van der Waals surface area (Å²) in [7, 11) is 0. The summed E-state index contributed by atoms with van der Waals surface area (Å²) in [6.45, 7) is 8.40. The summed E-state index contributed by atoms with van der Waals surface area (Å²) in [6, 6.07) is 7.53. The standard InChI is InChI=1S/C22H35NO2/c1-4-5-6-9-16-25-20-13-11-18(12-14-20)21(24)23-17-19-10-7-8-15-22(19,2)3/h11-14,19H,4-10,15-17H2,1-3H3,(H,23,24)/t19-/m1/s1. The SMILES string of the molecule is CCCCCCOc1ccc(C(=O)NC[C@H]2CCCCC2(C)C)cc1. The van der Waals surface area contributed by atoms with Crippen LogP contribution in [0.4, 0.5) is 0 Å². The first kappa shape index (κ1) is 19.8. The summed E-state index contributed by atoms with van der Waals surface area (Å²) >= 11 is 0. The molecule has 0 radical (unpaired) electrons. The molecule has 0 unspecified atom stereocenters. The molecule has 2 rings (SSSR count). The number of rotatable bonds is 9. The van der Waals surface area contributed by atoms with Gasteiger partial charge < -0.3 is 10.1 Å². The van der Waals surface area contributed by atoms with Crippen molar-refractivity contribution in [2.75, 3.05) is 13.2 Å². The van der Waals surface area contributed by atoms with Crippen LogP contribution in [0, 0.1) is 11.3 Å². The van der Waals surface area contributed by atoms with Gasteiger partial charge in [0, 0.05) is 12.1 Å². The maximum absolute atomic E-state index is 12.4. The number of hydrogen-bond acceptors (Lipinski definition) is 2. The minimum atomic E-state index is 0.0240. The van der Waals surface area contributed by atoms with Gasteiger partial charge in [0.05, 0.1) is 6.61 Å². The van der Waals surface area contributed by atoms with Gasteiger partial charge in [-0.05, 0) is 54.9 Å². The van der Waals surface area contributed by atoms with Crippen LogP contribution in [0.1, 0.15) is 82.5 Å². The zero-order valence-electron chi connectivity index (χ0n) is 16.3. The van der Waals surface area contributed by atoms with Crippen LogP contribution < -0.4 is 10.1 Å². The third-order valence-corrected chi connectivity index (χ3v) is 5.62. The van der Waals surface area contributed by atoms with Crippen LogP contribution >= 0.6 is 0 Å². The fraction of sp³-hybridized carbons (Fsp3) is 0.682. The van der Waals surface area contributed by atoms with Crippen molar-refractivity contribution in [3.63, 3.8) is 0 Å². The van der Waals surface area contributed by atoms with E-state index in [0.717, 1.165) is 25.3 Å². The predicted octanol–water partition coefficient (Wildman–Crippen LogP) is 5.59. The second-order valence-corrected chi connectivity index (χ2v) is 8.07. The molecule has 1 aliphatic rings. The van der Waals surface area contributed by atoms with Gasteiger partial charge >= 0.3 is 0 Å². The Morgan fingerprint density at radius 2 is 1.92 bits per heavy atom. The third kappa shape index (κ3) is 6.37. The van der Waals surface area contributed by atoms with E-state index in [1.165, 1.54) is 44.9 Å². The van der Waals surface area contributed by atoms with E-state index in [-0.39, 0.29) is 5.91 Å². The van der Waals surface area contributed by atoms with Crippen molar-refractivity contribution in [1.29, 1.82) is 0 Å². The van der Waals surface area contributed by atoms with Crippen molar-refractivity contribution in [1.82, 2.24) is 5.32 Å². The molecule has 140 valence electrons. The molecule has 3 nitrogen and oxygen atoms in total. The van der Waals surface area contributed by atoms with Gasteiger partial charge in [0.1, 0.15) is 5.75 Å². The normalized spacial score (nSPS) is 19.4. The van der Waals surface area contributed by atoms with Crippen LogP contribution in [0.5, 0.6) is 5.75 Å². The number of nitrogens with one attached hydrogen (secondary N) is 1. The molecular weight excluding hydrogens is 310 g/mol. The molecule has 0 spiro atoms. The highest BCUT2D eigenvalue weighted by atomic mass is 16.5. The third-order valence-electron chi connectivity index (χ3n) is 5.62. The summed E-state index contributed by atoms with van der Waals surface area (Å²) in [4.78, 5) is 12.4. The molecule has 1 amide bonds. The van der Waals surface area contributed by atoms with Gasteiger partial charge in [-0.1, -0.05) is 52.9 Å². The molecule has 1 saturated carbocycles. The lowest BCUT2D eigenvalue weighted by Gasteiger charge is -2.38. The summed E-state index contributed by atoms with van der Waals surface area (Å²) < 4.78 is 5.74. The topological polar surface area (TPSA) is 38.3 Å². The fourth-order valence-electron chi connectivity index (χ4n) is 3.68. The van der Waals surface area contributed by atoms with Crippen LogP contribution in [-0.4, -0.2) is 19.1 Å². The van der Waals surface area contributed by atoms with E-state index in [0.29, 0.717) is 16.9 Å². The number of benzene rings is 1. The molecule has 0 heterocycles. The molecule has 25 heavy (non-hydrogen) atoms. The van der Waals surface area contributed by atoms with Crippen molar-refractivity contribution in [2.45, 2.75) is 72.1 Å². The first-order chi connectivity index (χ1) is 12.0. The Hall–Kier alpha value is -1.51. The van der Waals surface area contributed by atoms with Crippen molar-refractivity contribution < 1.29 is 9.53 Å². The van der Waals surface area contributed by atoms with Gasteiger partial charge in [0.25, 0.3) is 5.91 Å². The summed E-state index contributed by atoms with van der Waals surface area (Å²) in [5, 5.41) is 3.13. The van der Waals surface area contributed by atoms with Crippen LogP contribution in [-0.2, 0) is 0 Å². The van der Waals surface area contributed by atoms with E-state index in [4.69, 9.17) is 4.74 Å². The highest BCUT2D eigenvalue weighted by molar-refractivity contribution is 5.94. The molecule has 0 aliphatic heterocycles. The van der Waals surface area contributed by atoms with Crippen LogP contribution in [0.25, 0.3) is 0 Å². The quantitative estimate of drug-likeness (QED) is 0.592. The molecule has 3 heteroatoms. The number of unbranched alkanes of at least 4 members (excludes halogenated alkanes) is 3. The minimum absolute atomic E-state index is 0.0240. The smallest absolute Gasteiger partial charge is 0.251 e. The zero-order valence-corrected chi connectivity index (χ0v) is 16.3. The maximum Gasteiger partial charge on any atom is 0.251 e. The van der Waals surface area contributed by atoms with Crippen molar-refractivity contribution in [3.05, 3.63) is 29.8 Å². The molecule has 0 bridgehead atoms. The van der Waals surface area contributed by atoms with E-state index in [1.807, 2.05) is 24.3 Å². The maximum atomic E-state index is 12.4. The molecule has 1 aliphatic carbocycles. The second-order valence-electron chi connectivity index (χ2n) is 8.07. The van der Waals surface area contributed by atoms with Crippen molar-refractivity contribution in [3.8, 4) is 5.75 Å². The minimum Gasteiger partial charge on any atom is -0.494 e. The lowest BCUT2D eigenvalue weighted by atomic mass is 9.69. The fourth-order valence-corrected chi connectivity index (χ4v) is 3.68. The lowest BCUT2D eigenvalue weighted by Crippen LogP contribution is -2.38. The molecule has 1 N–H and O–H groups in total. The average molecular weight is 346 g/mol. The van der Waals surface area contributed by atoms with Crippen molar-refractivity contribution in [2.24, 2.45) is 11.3 Å². The zero-order chi connectivity index (χ0) is 18.1. The Labute approximate surface area is 153 Å². The summed E-state index contributed by atoms with van der Waals surface area (Å²) in [6.07, 6.45) is 9.89. The number of carbonyl (C=O) groups is 1. The average Bonchev–Trinajstić information content (AvgIpc) is 2.60. The van der Waals surface area contributed by atoms with Gasteiger partial charge in [-0.15, -0.1) is 0 Å². The van der Waals surface area contributed by atoms with Crippen LogP contribution in [0.3, 0.4) is 0 Å². The molecular formula is C22H35NO2. The van der Waals surface area contributed by atoms with Crippen LogP contribution in [0.15, 0.2) is 24.3 Å². The Morgan fingerprint density at radius 1 is 1.16 bits per heavy atom. The van der Waals surface area contributed by atoms with Crippen LogP contribution in [0.2, 0.25) is 0 Å². The Balaban J connectivity index is 1.76. The summed E-state index contributed by atoms with van der Waals surface area (Å²) in [5.74, 6) is 1.45. The van der Waals surface area contributed by atoms with Gasteiger partial charge in [-0.2, -0.15) is 0 Å². The number of amides is 1. The highest BCUT2D eigenvalue weighted by Crippen LogP contribution is 2.40. The molecule has 1 aromatic rings. The van der Waals surface area contributed by atoms with E-state index in [9.17, 15) is 4.79 Å². The van der Waals surface area contributed by atoms with Crippen molar-refractivity contribution >= 4 is 5.91 Å². The Kier molecular flexibility index (Phi) is 7.80. The Bertz CT molecular complexity index is 521. The largest absolute Gasteiger partial charge is 0.494 e. The second kappa shape index (κ2) is 9.84.